The van der Waals surface area contributed by atoms with Crippen LogP contribution in [0.5, 0.6) is 0 Å². The highest BCUT2D eigenvalue weighted by atomic mass is 19.4. The van der Waals surface area contributed by atoms with Crippen molar-refractivity contribution < 1.29 is 39.5 Å². The zero-order chi connectivity index (χ0) is 14.2. The lowest BCUT2D eigenvalue weighted by Crippen LogP contribution is -2.58. The van der Waals surface area contributed by atoms with E-state index < -0.39 is 35.3 Å². The Morgan fingerprint density at radius 3 is 1.41 bits per heavy atom. The molecule has 0 amide bonds. The highest BCUT2D eigenvalue weighted by Crippen LogP contribution is 2.42. The van der Waals surface area contributed by atoms with Gasteiger partial charge in [0, 0.05) is 0 Å². The number of hydrogen-bond acceptors (Lipinski definition) is 1. The van der Waals surface area contributed by atoms with E-state index in [1.54, 1.807) is 0 Å². The van der Waals surface area contributed by atoms with Crippen LogP contribution in [0.3, 0.4) is 0 Å². The molecule has 0 fully saturated rings. The van der Waals surface area contributed by atoms with Gasteiger partial charge in [-0.25, -0.2) is 4.39 Å². The summed E-state index contributed by atoms with van der Waals surface area (Å²) in [7, 11) is 0. The molecule has 0 saturated heterocycles. The van der Waals surface area contributed by atoms with Crippen molar-refractivity contribution in [1.82, 2.24) is 4.90 Å². The fourth-order valence-corrected chi connectivity index (χ4v) is 0.766. The zero-order valence-corrected chi connectivity index (χ0v) is 8.13. The van der Waals surface area contributed by atoms with Gasteiger partial charge >= 0.3 is 18.5 Å². The monoisotopic (exact) mass is 275 g/mol. The molecule has 0 heterocycles. The lowest BCUT2D eigenvalue weighted by atomic mass is 10.1. The molecule has 0 rings (SSSR count). The molecule has 0 saturated carbocycles. The van der Waals surface area contributed by atoms with Crippen LogP contribution in [0.4, 0.5) is 39.5 Å². The summed E-state index contributed by atoms with van der Waals surface area (Å²) in [6, 6.07) is 0. The normalized spacial score (nSPS) is 16.2. The van der Waals surface area contributed by atoms with Crippen molar-refractivity contribution in [2.45, 2.75) is 31.7 Å². The first kappa shape index (κ1) is 16.1. The molecule has 0 aliphatic carbocycles. The number of nitrogens with zero attached hydrogens (tertiary/aromatic N) is 1. The van der Waals surface area contributed by atoms with E-state index in [1.807, 2.05) is 0 Å². The van der Waals surface area contributed by atoms with Crippen LogP contribution in [-0.4, -0.2) is 29.7 Å². The Hall–Kier alpha value is -0.930. The SMILES string of the molecule is C=C(C)C(F)(F)C(F)N(C(F)(F)F)C(F)(F)F. The molecular weight excluding hydrogens is 269 g/mol. The van der Waals surface area contributed by atoms with Gasteiger partial charge in [-0.15, -0.1) is 0 Å². The van der Waals surface area contributed by atoms with Gasteiger partial charge in [0.15, 0.2) is 0 Å². The summed E-state index contributed by atoms with van der Waals surface area (Å²) in [5, 5.41) is 0. The van der Waals surface area contributed by atoms with Crippen LogP contribution in [0.15, 0.2) is 12.2 Å². The molecule has 0 bridgehead atoms. The Balaban J connectivity index is 5.45. The second kappa shape index (κ2) is 4.39. The van der Waals surface area contributed by atoms with E-state index in [-0.39, 0.29) is 0 Å². The maximum atomic E-state index is 12.8. The van der Waals surface area contributed by atoms with Crippen molar-refractivity contribution in [3.8, 4) is 0 Å². The molecule has 0 aromatic rings. The van der Waals surface area contributed by atoms with Crippen molar-refractivity contribution in [3.63, 3.8) is 0 Å². The van der Waals surface area contributed by atoms with Crippen LogP contribution in [0.2, 0.25) is 0 Å². The van der Waals surface area contributed by atoms with Gasteiger partial charge < -0.3 is 0 Å². The van der Waals surface area contributed by atoms with Crippen LogP contribution in [0, 0.1) is 0 Å². The van der Waals surface area contributed by atoms with Crippen LogP contribution >= 0.6 is 0 Å². The molecule has 102 valence electrons. The summed E-state index contributed by atoms with van der Waals surface area (Å²) in [6.45, 7) is 2.86. The van der Waals surface area contributed by atoms with E-state index in [9.17, 15) is 39.5 Å². The average Bonchev–Trinajstić information content (AvgIpc) is 1.97. The summed E-state index contributed by atoms with van der Waals surface area (Å²) < 4.78 is 109. The van der Waals surface area contributed by atoms with Gasteiger partial charge in [-0.05, 0) is 12.5 Å². The van der Waals surface area contributed by atoms with E-state index in [0.29, 0.717) is 6.92 Å². The van der Waals surface area contributed by atoms with Crippen LogP contribution in [-0.2, 0) is 0 Å². The molecule has 1 nitrogen and oxygen atoms in total. The molecule has 1 unspecified atom stereocenters. The second-order valence-corrected chi connectivity index (χ2v) is 3.04. The van der Waals surface area contributed by atoms with Crippen molar-refractivity contribution in [1.29, 1.82) is 0 Å². The predicted octanol–water partition coefficient (Wildman–Crippen LogP) is 3.84. The molecular formula is C7H6F9N. The third-order valence-electron chi connectivity index (χ3n) is 1.64. The van der Waals surface area contributed by atoms with Gasteiger partial charge in [-0.2, -0.15) is 35.1 Å². The first-order valence-electron chi connectivity index (χ1n) is 3.83. The van der Waals surface area contributed by atoms with Crippen molar-refractivity contribution in [2.24, 2.45) is 0 Å². The first-order valence-corrected chi connectivity index (χ1v) is 3.83. The Morgan fingerprint density at radius 1 is 0.941 bits per heavy atom. The number of alkyl halides is 9. The largest absolute Gasteiger partial charge is 0.469 e. The van der Waals surface area contributed by atoms with Crippen molar-refractivity contribution in [2.75, 3.05) is 0 Å². The zero-order valence-electron chi connectivity index (χ0n) is 8.13. The number of hydrogen-bond donors (Lipinski definition) is 0. The molecule has 0 aliphatic rings. The summed E-state index contributed by atoms with van der Waals surface area (Å²) in [5.41, 5.74) is -1.46. The second-order valence-electron chi connectivity index (χ2n) is 3.04. The summed E-state index contributed by atoms with van der Waals surface area (Å²) in [5.74, 6) is -4.98. The third-order valence-corrected chi connectivity index (χ3v) is 1.64. The molecule has 1 atom stereocenters. The summed E-state index contributed by atoms with van der Waals surface area (Å²) >= 11 is 0. The number of rotatable bonds is 3. The fraction of sp³-hybridized carbons (Fsp3) is 0.714. The maximum absolute atomic E-state index is 12.8. The van der Waals surface area contributed by atoms with Crippen LogP contribution in [0.1, 0.15) is 6.92 Å². The van der Waals surface area contributed by atoms with Gasteiger partial charge in [0.2, 0.25) is 6.30 Å². The smallest absolute Gasteiger partial charge is 0.222 e. The maximum Gasteiger partial charge on any atom is 0.469 e. The minimum absolute atomic E-state index is 0.414. The summed E-state index contributed by atoms with van der Waals surface area (Å²) in [4.78, 5) is -2.81. The van der Waals surface area contributed by atoms with Gasteiger partial charge in [0.25, 0.3) is 0 Å². The topological polar surface area (TPSA) is 3.24 Å². The van der Waals surface area contributed by atoms with Gasteiger partial charge in [-0.1, -0.05) is 11.5 Å². The molecule has 0 N–H and O–H groups in total. The third kappa shape index (κ3) is 3.51. The lowest BCUT2D eigenvalue weighted by Gasteiger charge is -2.33. The van der Waals surface area contributed by atoms with E-state index in [1.165, 1.54) is 0 Å². The predicted molar refractivity (Wildman–Crippen MR) is 38.6 cm³/mol. The van der Waals surface area contributed by atoms with Crippen LogP contribution in [0.25, 0.3) is 0 Å². The average molecular weight is 275 g/mol. The molecule has 0 aromatic carbocycles. The van der Waals surface area contributed by atoms with E-state index in [2.05, 4.69) is 6.58 Å². The highest BCUT2D eigenvalue weighted by Gasteiger charge is 2.64. The minimum atomic E-state index is -6.32. The highest BCUT2D eigenvalue weighted by molar-refractivity contribution is 5.07. The Kier molecular flexibility index (Phi) is 4.15. The Labute approximate surface area is 89.5 Å². The standard InChI is InChI=1S/C7H6F9N/c1-3(2)5(9,10)4(8)17(6(11,12)13)7(14,15)16/h4H,1H2,2H3. The first-order chi connectivity index (χ1) is 7.22. The van der Waals surface area contributed by atoms with Gasteiger partial charge in [0.05, 0.1) is 0 Å². The van der Waals surface area contributed by atoms with Gasteiger partial charge in [0.1, 0.15) is 0 Å². The Morgan fingerprint density at radius 2 is 1.24 bits per heavy atom. The minimum Gasteiger partial charge on any atom is -0.222 e. The fourth-order valence-electron chi connectivity index (χ4n) is 0.766. The Bertz CT molecular complexity index is 275. The molecule has 10 heteroatoms. The van der Waals surface area contributed by atoms with E-state index in [4.69, 9.17) is 0 Å². The quantitative estimate of drug-likeness (QED) is 0.430. The van der Waals surface area contributed by atoms with Gasteiger partial charge in [-0.3, -0.25) is 0 Å². The van der Waals surface area contributed by atoms with Crippen LogP contribution < -0.4 is 0 Å². The van der Waals surface area contributed by atoms with E-state index >= 15 is 0 Å². The lowest BCUT2D eigenvalue weighted by molar-refractivity contribution is -0.411. The van der Waals surface area contributed by atoms with Crippen molar-refractivity contribution in [3.05, 3.63) is 12.2 Å². The van der Waals surface area contributed by atoms with E-state index in [0.717, 1.165) is 0 Å². The molecule has 0 spiro atoms. The molecule has 0 aliphatic heterocycles. The summed E-state index contributed by atoms with van der Waals surface area (Å²) in [6.07, 6.45) is -17.3. The van der Waals surface area contributed by atoms with Crippen molar-refractivity contribution >= 4 is 0 Å². The number of halogens is 9. The molecule has 0 aromatic heterocycles. The molecule has 0 radical (unpaired) electrons. The molecule has 17 heavy (non-hydrogen) atoms.